The van der Waals surface area contributed by atoms with Gasteiger partial charge >= 0.3 is 0 Å². The van der Waals surface area contributed by atoms with Gasteiger partial charge in [0.05, 0.1) is 12.1 Å². The van der Waals surface area contributed by atoms with E-state index >= 15 is 0 Å². The van der Waals surface area contributed by atoms with E-state index in [1.807, 2.05) is 31.2 Å². The summed E-state index contributed by atoms with van der Waals surface area (Å²) in [5, 5.41) is 0.963. The molecule has 0 N–H and O–H groups in total. The average Bonchev–Trinajstić information content (AvgIpc) is 2.46. The molecule has 1 aromatic heterocycles. The fourth-order valence-corrected chi connectivity index (χ4v) is 2.02. The largest absolute Gasteiger partial charge is 0.328 e. The van der Waals surface area contributed by atoms with Crippen LogP contribution in [0, 0.1) is 12.3 Å². The summed E-state index contributed by atoms with van der Waals surface area (Å²) in [6.07, 6.45) is 7.95. The van der Waals surface area contributed by atoms with Crippen molar-refractivity contribution in [2.45, 2.75) is 13.3 Å². The molecule has 0 fully saturated rings. The molecule has 0 aliphatic rings. The van der Waals surface area contributed by atoms with E-state index in [9.17, 15) is 4.79 Å². The number of nitrogens with zero attached hydrogens (tertiary/aromatic N) is 2. The van der Waals surface area contributed by atoms with Gasteiger partial charge in [-0.1, -0.05) is 18.9 Å². The Labute approximate surface area is 113 Å². The maximum atomic E-state index is 12.4. The summed E-state index contributed by atoms with van der Waals surface area (Å²) < 4.78 is 0. The normalized spacial score (nSPS) is 10.1. The Morgan fingerprint density at radius 2 is 2.26 bits per heavy atom. The summed E-state index contributed by atoms with van der Waals surface area (Å²) in [6, 6.07) is 9.34. The molecule has 0 saturated heterocycles. The molecule has 3 nitrogen and oxygen atoms in total. The van der Waals surface area contributed by atoms with Gasteiger partial charge in [-0.15, -0.1) is 6.42 Å². The summed E-state index contributed by atoms with van der Waals surface area (Å²) >= 11 is 0. The summed E-state index contributed by atoms with van der Waals surface area (Å²) in [5.41, 5.74) is 1.54. The van der Waals surface area contributed by atoms with E-state index in [-0.39, 0.29) is 5.91 Å². The van der Waals surface area contributed by atoms with Crippen LogP contribution in [0.5, 0.6) is 0 Å². The van der Waals surface area contributed by atoms with Crippen LogP contribution in [0.1, 0.15) is 23.7 Å². The quantitative estimate of drug-likeness (QED) is 0.784. The number of carbonyl (C=O) groups is 1. The van der Waals surface area contributed by atoms with E-state index in [1.54, 1.807) is 17.2 Å². The number of pyridine rings is 1. The third-order valence-electron chi connectivity index (χ3n) is 2.91. The highest BCUT2D eigenvalue weighted by atomic mass is 16.2. The first kappa shape index (κ1) is 13.1. The van der Waals surface area contributed by atoms with E-state index in [4.69, 9.17) is 6.42 Å². The zero-order chi connectivity index (χ0) is 13.7. The molecule has 3 heteroatoms. The average molecular weight is 252 g/mol. The third-order valence-corrected chi connectivity index (χ3v) is 2.91. The Kier molecular flexibility index (Phi) is 4.15. The van der Waals surface area contributed by atoms with Gasteiger partial charge in [-0.25, -0.2) is 0 Å². The van der Waals surface area contributed by atoms with Gasteiger partial charge in [0.1, 0.15) is 0 Å². The third kappa shape index (κ3) is 2.92. The van der Waals surface area contributed by atoms with Crippen molar-refractivity contribution in [3.05, 3.63) is 42.1 Å². The minimum atomic E-state index is -0.0226. The van der Waals surface area contributed by atoms with Crippen molar-refractivity contribution in [1.29, 1.82) is 0 Å². The zero-order valence-electron chi connectivity index (χ0n) is 11.0. The Balaban J connectivity index is 2.32. The lowest BCUT2D eigenvalue weighted by atomic mass is 10.1. The molecule has 2 aromatic rings. The molecule has 0 spiro atoms. The van der Waals surface area contributed by atoms with Gasteiger partial charge in [0.15, 0.2) is 0 Å². The van der Waals surface area contributed by atoms with Gasteiger partial charge in [-0.3, -0.25) is 9.78 Å². The van der Waals surface area contributed by atoms with Crippen LogP contribution >= 0.6 is 0 Å². The van der Waals surface area contributed by atoms with Gasteiger partial charge in [-0.2, -0.15) is 0 Å². The lowest BCUT2D eigenvalue weighted by Crippen LogP contribution is -2.32. The molecule has 0 aliphatic heterocycles. The Morgan fingerprint density at radius 3 is 3.00 bits per heavy atom. The van der Waals surface area contributed by atoms with E-state index in [0.29, 0.717) is 18.7 Å². The molecule has 0 atom stereocenters. The molecular weight excluding hydrogens is 236 g/mol. The van der Waals surface area contributed by atoms with Crippen LogP contribution in [0.3, 0.4) is 0 Å². The highest BCUT2D eigenvalue weighted by Crippen LogP contribution is 2.15. The monoisotopic (exact) mass is 252 g/mol. The smallest absolute Gasteiger partial charge is 0.254 e. The number of fused-ring (bicyclic) bond motifs is 1. The van der Waals surface area contributed by atoms with Gasteiger partial charge < -0.3 is 4.90 Å². The first-order chi connectivity index (χ1) is 9.26. The molecule has 0 radical (unpaired) electrons. The predicted octanol–water partition coefficient (Wildman–Crippen LogP) is 2.72. The number of aromatic nitrogens is 1. The molecule has 1 aromatic carbocycles. The van der Waals surface area contributed by atoms with E-state index in [2.05, 4.69) is 10.9 Å². The fraction of sp³-hybridized carbons (Fsp3) is 0.250. The summed E-state index contributed by atoms with van der Waals surface area (Å²) in [4.78, 5) is 18.3. The number of amides is 1. The molecule has 1 amide bonds. The van der Waals surface area contributed by atoms with Crippen molar-refractivity contribution < 1.29 is 4.79 Å². The van der Waals surface area contributed by atoms with Crippen LogP contribution in [0.2, 0.25) is 0 Å². The maximum Gasteiger partial charge on any atom is 0.254 e. The Hall–Kier alpha value is -2.34. The Morgan fingerprint density at radius 1 is 1.42 bits per heavy atom. The van der Waals surface area contributed by atoms with E-state index < -0.39 is 0 Å². The predicted molar refractivity (Wildman–Crippen MR) is 76.8 cm³/mol. The summed E-state index contributed by atoms with van der Waals surface area (Å²) in [5.74, 6) is 2.51. The number of carbonyl (C=O) groups excluding carboxylic acids is 1. The lowest BCUT2D eigenvalue weighted by Gasteiger charge is -2.19. The number of hydrogen-bond donors (Lipinski definition) is 0. The molecule has 1 heterocycles. The van der Waals surface area contributed by atoms with Crippen LogP contribution in [0.4, 0.5) is 0 Å². The molecule has 19 heavy (non-hydrogen) atoms. The van der Waals surface area contributed by atoms with Crippen molar-refractivity contribution in [1.82, 2.24) is 9.88 Å². The second kappa shape index (κ2) is 6.01. The Bertz CT molecular complexity index is 628. The van der Waals surface area contributed by atoms with Crippen LogP contribution in [-0.2, 0) is 0 Å². The van der Waals surface area contributed by atoms with Crippen LogP contribution in [0.25, 0.3) is 10.9 Å². The fourth-order valence-electron chi connectivity index (χ4n) is 2.02. The van der Waals surface area contributed by atoms with Crippen molar-refractivity contribution in [2.24, 2.45) is 0 Å². The van der Waals surface area contributed by atoms with Gasteiger partial charge in [0.25, 0.3) is 5.91 Å². The van der Waals surface area contributed by atoms with Crippen LogP contribution < -0.4 is 0 Å². The summed E-state index contributed by atoms with van der Waals surface area (Å²) in [7, 11) is 0. The lowest BCUT2D eigenvalue weighted by molar-refractivity contribution is 0.0777. The van der Waals surface area contributed by atoms with E-state index in [1.165, 1.54) is 0 Å². The van der Waals surface area contributed by atoms with Crippen LogP contribution in [-0.4, -0.2) is 28.9 Å². The molecular formula is C16H16N2O. The maximum absolute atomic E-state index is 12.4. The van der Waals surface area contributed by atoms with Crippen molar-refractivity contribution in [3.63, 3.8) is 0 Å². The van der Waals surface area contributed by atoms with Crippen molar-refractivity contribution in [2.75, 3.05) is 13.1 Å². The second-order valence-corrected chi connectivity index (χ2v) is 4.34. The SMILES string of the molecule is C#CCN(CCC)C(=O)c1ccc2ncccc2c1. The number of hydrogen-bond acceptors (Lipinski definition) is 2. The highest BCUT2D eigenvalue weighted by molar-refractivity contribution is 5.98. The molecule has 0 aliphatic carbocycles. The standard InChI is InChI=1S/C16H16N2O/c1-3-10-18(11-4-2)16(19)14-7-8-15-13(12-14)6-5-9-17-15/h1,5-9,12H,4,10-11H2,2H3. The first-order valence-electron chi connectivity index (χ1n) is 6.33. The molecule has 0 saturated carbocycles. The van der Waals surface area contributed by atoms with Crippen molar-refractivity contribution in [3.8, 4) is 12.3 Å². The first-order valence-corrected chi connectivity index (χ1v) is 6.33. The molecule has 2 rings (SSSR count). The second-order valence-electron chi connectivity index (χ2n) is 4.34. The number of benzene rings is 1. The topological polar surface area (TPSA) is 33.2 Å². The summed E-state index contributed by atoms with van der Waals surface area (Å²) in [6.45, 7) is 3.05. The zero-order valence-corrected chi connectivity index (χ0v) is 11.0. The molecule has 0 bridgehead atoms. The molecule has 0 unspecified atom stereocenters. The minimum Gasteiger partial charge on any atom is -0.328 e. The van der Waals surface area contributed by atoms with Gasteiger partial charge in [0, 0.05) is 23.7 Å². The number of terminal acetylenes is 1. The van der Waals surface area contributed by atoms with Gasteiger partial charge in [-0.05, 0) is 30.7 Å². The van der Waals surface area contributed by atoms with Gasteiger partial charge in [0.2, 0.25) is 0 Å². The van der Waals surface area contributed by atoms with Crippen molar-refractivity contribution >= 4 is 16.8 Å². The molecule has 96 valence electrons. The highest BCUT2D eigenvalue weighted by Gasteiger charge is 2.14. The van der Waals surface area contributed by atoms with E-state index in [0.717, 1.165) is 17.3 Å². The van der Waals surface area contributed by atoms with Crippen LogP contribution in [0.15, 0.2) is 36.5 Å². The minimum absolute atomic E-state index is 0.0226. The number of rotatable bonds is 4.